The molecule has 10 heteroatoms. The van der Waals surface area contributed by atoms with E-state index in [0.717, 1.165) is 21.5 Å². The Balaban J connectivity index is 0. The van der Waals surface area contributed by atoms with Gasteiger partial charge in [0.1, 0.15) is 5.00 Å². The van der Waals surface area contributed by atoms with Crippen LogP contribution in [0.3, 0.4) is 0 Å². The second kappa shape index (κ2) is 15.5. The molecule has 5 nitrogen and oxygen atoms in total. The van der Waals surface area contributed by atoms with E-state index in [4.69, 9.17) is 18.0 Å². The standard InChI is InChI=1S/C14H19N3S.C3H6N2.CH4.3HI.V/c1-9-12(15)18-13(16-9)17-11-7-5-10(6-8-11)14(2,3)4;1-3(4)5-2;;;;;/h5-8H,15H2,1-4H3,(H,16,17);3H,4H2,1H3;1H4;3*1H;/q;;;;;;+3/p-3. The topological polar surface area (TPSA) is 81.3 Å². The van der Waals surface area contributed by atoms with Gasteiger partial charge in [-0.1, -0.05) is 51.7 Å². The van der Waals surface area contributed by atoms with Gasteiger partial charge in [-0.25, -0.2) is 11.6 Å². The van der Waals surface area contributed by atoms with Crippen LogP contribution in [-0.4, -0.2) is 11.1 Å². The maximum absolute atomic E-state index is 6.16. The van der Waals surface area contributed by atoms with Crippen LogP contribution in [0.2, 0.25) is 0 Å². The second-order valence-electron chi connectivity index (χ2n) is 6.48. The summed E-state index contributed by atoms with van der Waals surface area (Å²) in [5.41, 5.74) is 14.2. The molecule has 1 atom stereocenters. The van der Waals surface area contributed by atoms with Crippen LogP contribution in [0.1, 0.15) is 46.4 Å². The monoisotopic (exact) mass is 779 g/mol. The molecule has 0 amide bonds. The molecule has 0 spiro atoms. The number of thiazole rings is 1. The molecule has 0 aliphatic heterocycles. The van der Waals surface area contributed by atoms with Crippen molar-refractivity contribution in [3.8, 4) is 0 Å². The third-order valence-corrected chi connectivity index (χ3v) is 3.94. The molecule has 1 aromatic heterocycles. The summed E-state index contributed by atoms with van der Waals surface area (Å²) < 4.78 is 0. The van der Waals surface area contributed by atoms with Gasteiger partial charge in [0.05, 0.1) is 5.69 Å². The van der Waals surface area contributed by atoms with Crippen molar-refractivity contribution < 1.29 is 4.92 Å². The Morgan fingerprint density at radius 2 is 1.64 bits per heavy atom. The fourth-order valence-electron chi connectivity index (χ4n) is 1.64. The number of nitrogens with one attached hydrogen (secondary N) is 1. The predicted octanol–water partition coefficient (Wildman–Crippen LogP) is 7.58. The van der Waals surface area contributed by atoms with Crippen LogP contribution in [0.5, 0.6) is 0 Å². The minimum absolute atomic E-state index is 0. The normalized spacial score (nSPS) is 11.0. The molecule has 0 radical (unpaired) electrons. The van der Waals surface area contributed by atoms with Crippen molar-refractivity contribution >= 4 is 87.1 Å². The molecule has 0 saturated heterocycles. The van der Waals surface area contributed by atoms with Gasteiger partial charge < -0.3 is 11.1 Å². The van der Waals surface area contributed by atoms with E-state index in [2.05, 4.69) is 120 Å². The number of anilines is 3. The van der Waals surface area contributed by atoms with E-state index in [1.807, 2.05) is 6.92 Å². The van der Waals surface area contributed by atoms with Crippen LogP contribution in [0.25, 0.3) is 4.85 Å². The molecule has 0 aliphatic carbocycles. The number of hydrogen-bond donors (Lipinski definition) is 3. The zero-order valence-electron chi connectivity index (χ0n) is 15.9. The summed E-state index contributed by atoms with van der Waals surface area (Å²) in [4.78, 5) is 7.00. The first kappa shape index (κ1) is 30.9. The van der Waals surface area contributed by atoms with Crippen LogP contribution in [0.4, 0.5) is 15.8 Å². The SMILES string of the molecule is C.Cc1nc(Nc2ccc(C(C)(C)C)cc2)sc1N.[C-]#[N+]C(C)N.[I][V]([I])[I]. The zero-order chi connectivity index (χ0) is 21.2. The van der Waals surface area contributed by atoms with Crippen molar-refractivity contribution in [3.63, 3.8) is 0 Å². The van der Waals surface area contributed by atoms with Crippen molar-refractivity contribution in [2.75, 3.05) is 11.1 Å². The van der Waals surface area contributed by atoms with Gasteiger partial charge in [-0.15, -0.1) is 0 Å². The fraction of sp³-hybridized carbons (Fsp3) is 0.444. The first-order valence-corrected chi connectivity index (χ1v) is 22.2. The number of halogens is 3. The van der Waals surface area contributed by atoms with Gasteiger partial charge >= 0.3 is 64.9 Å². The van der Waals surface area contributed by atoms with Crippen LogP contribution in [0.15, 0.2) is 24.3 Å². The summed E-state index contributed by atoms with van der Waals surface area (Å²) in [6, 6.07) is 8.44. The molecule has 0 saturated carbocycles. The number of nitrogens with two attached hydrogens (primary N) is 2. The molecule has 1 unspecified atom stereocenters. The Kier molecular flexibility index (Phi) is 17.1. The van der Waals surface area contributed by atoms with Crippen LogP contribution in [-0.2, 0) is 10.3 Å². The third kappa shape index (κ3) is 14.6. The van der Waals surface area contributed by atoms with Crippen LogP contribution >= 0.6 is 71.3 Å². The molecular weight excluding hydrogens is 750 g/mol. The van der Waals surface area contributed by atoms with Gasteiger partial charge in [0.25, 0.3) is 6.17 Å². The molecular formula is C18H29I3N5SV. The van der Waals surface area contributed by atoms with Gasteiger partial charge in [0.15, 0.2) is 5.13 Å². The number of aryl methyl sites for hydroxylation is 1. The van der Waals surface area contributed by atoms with Gasteiger partial charge in [0.2, 0.25) is 0 Å². The van der Waals surface area contributed by atoms with E-state index in [1.54, 1.807) is 6.92 Å². The van der Waals surface area contributed by atoms with Gasteiger partial charge in [-0.3, -0.25) is 10.6 Å². The molecule has 5 N–H and O–H groups in total. The Labute approximate surface area is 211 Å². The number of aromatic nitrogens is 1. The second-order valence-corrected chi connectivity index (χ2v) is 42.9. The number of nitrogen functional groups attached to an aromatic ring is 1. The van der Waals surface area contributed by atoms with Crippen molar-refractivity contribution in [3.05, 3.63) is 46.9 Å². The van der Waals surface area contributed by atoms with Crippen molar-refractivity contribution in [2.45, 2.75) is 53.6 Å². The van der Waals surface area contributed by atoms with Crippen molar-refractivity contribution in [1.82, 2.24) is 4.98 Å². The van der Waals surface area contributed by atoms with E-state index in [1.165, 1.54) is 16.9 Å². The zero-order valence-corrected chi connectivity index (χ0v) is 24.6. The Morgan fingerprint density at radius 3 is 1.93 bits per heavy atom. The Bertz CT molecular complexity index is 700. The van der Waals surface area contributed by atoms with E-state index in [9.17, 15) is 0 Å². The average Bonchev–Trinajstić information content (AvgIpc) is 2.85. The van der Waals surface area contributed by atoms with E-state index in [0.29, 0.717) is 0 Å². The number of benzene rings is 1. The van der Waals surface area contributed by atoms with Crippen molar-refractivity contribution in [1.29, 1.82) is 0 Å². The molecule has 2 rings (SSSR count). The van der Waals surface area contributed by atoms with Crippen LogP contribution in [0, 0.1) is 13.5 Å². The van der Waals surface area contributed by atoms with Crippen molar-refractivity contribution in [2.24, 2.45) is 5.73 Å². The summed E-state index contributed by atoms with van der Waals surface area (Å²) in [5.74, 6) is 0. The first-order valence-electron chi connectivity index (χ1n) is 7.87. The molecule has 0 bridgehead atoms. The van der Waals surface area contributed by atoms with Gasteiger partial charge in [-0.2, -0.15) is 0 Å². The minimum atomic E-state index is -0.324. The number of rotatable bonds is 2. The fourth-order valence-corrected chi connectivity index (χ4v) is 2.39. The molecule has 158 valence electrons. The number of hydrogen-bond acceptors (Lipinski definition) is 5. The van der Waals surface area contributed by atoms with E-state index >= 15 is 0 Å². The molecule has 1 aromatic carbocycles. The summed E-state index contributed by atoms with van der Waals surface area (Å²) in [7, 11) is 0. The van der Waals surface area contributed by atoms with Gasteiger partial charge in [-0.05, 0) is 30.0 Å². The summed E-state index contributed by atoms with van der Waals surface area (Å²) >= 11 is 8.86. The quantitative estimate of drug-likeness (QED) is 0.217. The maximum atomic E-state index is 6.16. The van der Waals surface area contributed by atoms with Crippen LogP contribution < -0.4 is 16.8 Å². The van der Waals surface area contributed by atoms with E-state index in [-0.39, 0.29) is 23.9 Å². The summed E-state index contributed by atoms with van der Waals surface area (Å²) in [6.07, 6.45) is -0.324. The molecule has 28 heavy (non-hydrogen) atoms. The average molecular weight is 779 g/mol. The summed E-state index contributed by atoms with van der Waals surface area (Å²) in [5, 5.41) is 4.88. The molecule has 0 fully saturated rings. The number of nitrogens with zero attached hydrogens (tertiary/aromatic N) is 2. The molecule has 1 heterocycles. The molecule has 0 aliphatic rings. The predicted molar refractivity (Wildman–Crippen MR) is 149 cm³/mol. The molecule has 2 aromatic rings. The first-order chi connectivity index (χ1) is 12.4. The van der Waals surface area contributed by atoms with Gasteiger partial charge in [0, 0.05) is 12.6 Å². The Morgan fingerprint density at radius 1 is 1.21 bits per heavy atom. The summed E-state index contributed by atoms with van der Waals surface area (Å²) in [6.45, 7) is 16.3. The van der Waals surface area contributed by atoms with E-state index < -0.39 is 0 Å². The Hall–Kier alpha value is 0.674. The third-order valence-electron chi connectivity index (χ3n) is 3.04.